The van der Waals surface area contributed by atoms with E-state index in [1.165, 1.54) is 25.3 Å². The number of amides is 1. The molecule has 4 rings (SSSR count). The Morgan fingerprint density at radius 2 is 1.87 bits per heavy atom. The maximum absolute atomic E-state index is 12.9. The monoisotopic (exact) mass is 406 g/mol. The van der Waals surface area contributed by atoms with Crippen LogP contribution in [0.15, 0.2) is 64.7 Å². The molecule has 1 atom stereocenters. The molecule has 2 aromatic carbocycles. The summed E-state index contributed by atoms with van der Waals surface area (Å²) in [5.41, 5.74) is 0.664. The Hall–Kier alpha value is -4.07. The fraction of sp³-hybridized carbons (Fsp3) is 0.136. The number of aliphatic hydroxyl groups is 1. The number of carbonyl (C=O) groups excluding carboxylic acids is 2. The summed E-state index contributed by atoms with van der Waals surface area (Å²) in [5.74, 6) is -0.932. The highest BCUT2D eigenvalue weighted by molar-refractivity contribution is 6.51. The number of carbonyl (C=O) groups is 2. The number of aromatic nitrogens is 1. The summed E-state index contributed by atoms with van der Waals surface area (Å²) >= 11 is 0. The van der Waals surface area contributed by atoms with Gasteiger partial charge in [0.1, 0.15) is 23.0 Å². The number of hydrogen-bond acceptors (Lipinski definition) is 7. The molecule has 30 heavy (non-hydrogen) atoms. The van der Waals surface area contributed by atoms with Crippen molar-refractivity contribution in [1.29, 1.82) is 0 Å². The van der Waals surface area contributed by atoms with E-state index in [4.69, 9.17) is 9.26 Å². The van der Waals surface area contributed by atoms with Crippen molar-refractivity contribution in [2.24, 2.45) is 0 Å². The van der Waals surface area contributed by atoms with Gasteiger partial charge in [-0.25, -0.2) is 0 Å². The van der Waals surface area contributed by atoms with Gasteiger partial charge in [-0.15, -0.1) is 0 Å². The number of hydrogen-bond donors (Lipinski definition) is 2. The smallest absolute Gasteiger partial charge is 0.301 e. The highest BCUT2D eigenvalue weighted by Gasteiger charge is 2.48. The maximum Gasteiger partial charge on any atom is 0.301 e. The number of rotatable bonds is 4. The Balaban J connectivity index is 1.92. The lowest BCUT2D eigenvalue weighted by Gasteiger charge is -2.23. The fourth-order valence-electron chi connectivity index (χ4n) is 3.45. The lowest BCUT2D eigenvalue weighted by molar-refractivity contribution is -0.132. The largest absolute Gasteiger partial charge is 0.508 e. The number of aromatic hydroxyl groups is 1. The first kappa shape index (κ1) is 19.3. The minimum absolute atomic E-state index is 0.0427. The van der Waals surface area contributed by atoms with E-state index in [1.54, 1.807) is 43.3 Å². The Morgan fingerprint density at radius 1 is 1.13 bits per heavy atom. The van der Waals surface area contributed by atoms with Crippen molar-refractivity contribution in [1.82, 2.24) is 5.16 Å². The summed E-state index contributed by atoms with van der Waals surface area (Å²) in [6, 6.07) is 13.1. The van der Waals surface area contributed by atoms with Crippen LogP contribution in [0.5, 0.6) is 11.5 Å². The Kier molecular flexibility index (Phi) is 4.75. The summed E-state index contributed by atoms with van der Waals surface area (Å²) in [6.45, 7) is 1.66. The van der Waals surface area contributed by atoms with Crippen molar-refractivity contribution >= 4 is 23.3 Å². The molecule has 2 heterocycles. The van der Waals surface area contributed by atoms with E-state index in [9.17, 15) is 19.8 Å². The zero-order valence-corrected chi connectivity index (χ0v) is 16.2. The number of methoxy groups -OCH3 is 1. The van der Waals surface area contributed by atoms with Crippen LogP contribution < -0.4 is 9.64 Å². The lowest BCUT2D eigenvalue weighted by Crippen LogP contribution is -2.29. The number of Topliss-reactive ketones (excluding diaryl/α,β-unsaturated/α-hetero) is 1. The molecule has 8 heteroatoms. The van der Waals surface area contributed by atoms with Gasteiger partial charge in [-0.3, -0.25) is 14.5 Å². The van der Waals surface area contributed by atoms with E-state index in [2.05, 4.69) is 5.16 Å². The van der Waals surface area contributed by atoms with Crippen LogP contribution in [0.1, 0.15) is 22.9 Å². The van der Waals surface area contributed by atoms with Crippen molar-refractivity contribution < 1.29 is 29.1 Å². The third kappa shape index (κ3) is 3.18. The number of benzene rings is 2. The van der Waals surface area contributed by atoms with Gasteiger partial charge in [-0.05, 0) is 48.9 Å². The van der Waals surface area contributed by atoms with Gasteiger partial charge in [0, 0.05) is 11.6 Å². The molecule has 2 N–H and O–H groups in total. The molecule has 1 aliphatic rings. The minimum atomic E-state index is -0.997. The van der Waals surface area contributed by atoms with Gasteiger partial charge in [0.05, 0.1) is 18.7 Å². The Morgan fingerprint density at radius 3 is 2.47 bits per heavy atom. The molecule has 1 aliphatic heterocycles. The molecule has 3 aromatic rings. The molecule has 1 fully saturated rings. The minimum Gasteiger partial charge on any atom is -0.508 e. The van der Waals surface area contributed by atoms with Crippen LogP contribution in [0.2, 0.25) is 0 Å². The van der Waals surface area contributed by atoms with Crippen LogP contribution in [0.3, 0.4) is 0 Å². The van der Waals surface area contributed by atoms with Crippen LogP contribution in [0, 0.1) is 6.92 Å². The molecule has 0 aliphatic carbocycles. The summed E-state index contributed by atoms with van der Waals surface area (Å²) in [6.07, 6.45) is 0. The summed E-state index contributed by atoms with van der Waals surface area (Å²) in [5, 5.41) is 24.8. The second-order valence-electron chi connectivity index (χ2n) is 6.79. The zero-order chi connectivity index (χ0) is 21.4. The van der Waals surface area contributed by atoms with Gasteiger partial charge in [0.15, 0.2) is 5.82 Å². The van der Waals surface area contributed by atoms with Crippen LogP contribution in [-0.4, -0.2) is 34.2 Å². The number of anilines is 1. The summed E-state index contributed by atoms with van der Waals surface area (Å²) < 4.78 is 10.2. The van der Waals surface area contributed by atoms with Crippen molar-refractivity contribution in [3.8, 4) is 11.5 Å². The van der Waals surface area contributed by atoms with Gasteiger partial charge in [0.2, 0.25) is 0 Å². The number of phenols is 1. The van der Waals surface area contributed by atoms with E-state index in [1.807, 2.05) is 0 Å². The van der Waals surface area contributed by atoms with Crippen molar-refractivity contribution in [2.45, 2.75) is 13.0 Å². The third-order valence-corrected chi connectivity index (χ3v) is 4.86. The molecule has 152 valence electrons. The summed E-state index contributed by atoms with van der Waals surface area (Å²) in [7, 11) is 1.52. The topological polar surface area (TPSA) is 113 Å². The van der Waals surface area contributed by atoms with E-state index in [0.717, 1.165) is 4.90 Å². The number of aryl methyl sites for hydroxylation is 1. The van der Waals surface area contributed by atoms with E-state index < -0.39 is 17.7 Å². The van der Waals surface area contributed by atoms with Crippen LogP contribution >= 0.6 is 0 Å². The number of phenolic OH excluding ortho intramolecular Hbond substituents is 1. The van der Waals surface area contributed by atoms with Crippen LogP contribution in [0.4, 0.5) is 5.82 Å². The molecule has 1 saturated heterocycles. The molecule has 0 radical (unpaired) electrons. The quantitative estimate of drug-likeness (QED) is 0.388. The van der Waals surface area contributed by atoms with Crippen LogP contribution in [0.25, 0.3) is 5.76 Å². The van der Waals surface area contributed by atoms with Crippen molar-refractivity contribution in [2.75, 3.05) is 12.0 Å². The van der Waals surface area contributed by atoms with Gasteiger partial charge < -0.3 is 19.5 Å². The average Bonchev–Trinajstić information content (AvgIpc) is 3.28. The fourth-order valence-corrected chi connectivity index (χ4v) is 3.45. The van der Waals surface area contributed by atoms with Crippen molar-refractivity contribution in [3.63, 3.8) is 0 Å². The highest BCUT2D eigenvalue weighted by atomic mass is 16.5. The Bertz CT molecular complexity index is 1160. The first-order valence-electron chi connectivity index (χ1n) is 9.08. The second-order valence-corrected chi connectivity index (χ2v) is 6.79. The van der Waals surface area contributed by atoms with E-state index >= 15 is 0 Å². The number of ether oxygens (including phenoxy) is 1. The SMILES string of the molecule is COc1ccc(C(O)=C2C(=O)C(=O)N(c3cc(C)on3)[C@H]2c2cccc(O)c2)cc1. The normalized spacial score (nSPS) is 18.1. The van der Waals surface area contributed by atoms with E-state index in [0.29, 0.717) is 22.6 Å². The highest BCUT2D eigenvalue weighted by Crippen LogP contribution is 2.42. The van der Waals surface area contributed by atoms with Gasteiger partial charge in [-0.2, -0.15) is 0 Å². The van der Waals surface area contributed by atoms with Gasteiger partial charge in [0.25, 0.3) is 5.78 Å². The first-order chi connectivity index (χ1) is 14.4. The molecule has 0 saturated carbocycles. The Labute approximate surface area is 171 Å². The van der Waals surface area contributed by atoms with Crippen LogP contribution in [-0.2, 0) is 9.59 Å². The second kappa shape index (κ2) is 7.40. The number of nitrogens with zero attached hydrogens (tertiary/aromatic N) is 2. The standard InChI is InChI=1S/C22H18N2O6/c1-12-10-17(23-30-12)24-19(14-4-3-5-15(25)11-14)18(21(27)22(24)28)20(26)13-6-8-16(29-2)9-7-13/h3-11,19,25-26H,1-2H3/t19-/m0/s1. The first-order valence-corrected chi connectivity index (χ1v) is 9.08. The maximum atomic E-state index is 12.9. The molecule has 0 bridgehead atoms. The van der Waals surface area contributed by atoms with Gasteiger partial charge in [-0.1, -0.05) is 17.3 Å². The third-order valence-electron chi connectivity index (χ3n) is 4.86. The number of aliphatic hydroxyl groups excluding tert-OH is 1. The molecule has 8 nitrogen and oxygen atoms in total. The predicted octanol–water partition coefficient (Wildman–Crippen LogP) is 3.32. The molecule has 0 spiro atoms. The average molecular weight is 406 g/mol. The molecular weight excluding hydrogens is 388 g/mol. The lowest BCUT2D eigenvalue weighted by atomic mass is 9.95. The zero-order valence-electron chi connectivity index (χ0n) is 16.2. The predicted molar refractivity (Wildman–Crippen MR) is 107 cm³/mol. The van der Waals surface area contributed by atoms with Crippen molar-refractivity contribution in [3.05, 3.63) is 77.1 Å². The number of ketones is 1. The van der Waals surface area contributed by atoms with E-state index in [-0.39, 0.29) is 22.9 Å². The summed E-state index contributed by atoms with van der Waals surface area (Å²) in [4.78, 5) is 27.0. The molecule has 0 unspecified atom stereocenters. The molecule has 1 aromatic heterocycles. The molecular formula is C22H18N2O6. The van der Waals surface area contributed by atoms with Gasteiger partial charge >= 0.3 is 5.91 Å². The molecule has 1 amide bonds.